The summed E-state index contributed by atoms with van der Waals surface area (Å²) in [6, 6.07) is 10.6. The fourth-order valence-corrected chi connectivity index (χ4v) is 2.87. The van der Waals surface area contributed by atoms with Crippen LogP contribution < -0.4 is 5.32 Å². The summed E-state index contributed by atoms with van der Waals surface area (Å²) >= 11 is 15.3. The van der Waals surface area contributed by atoms with E-state index >= 15 is 0 Å². The topological polar surface area (TPSA) is 55.1 Å². The lowest BCUT2D eigenvalue weighted by molar-refractivity contribution is 0.102. The Morgan fingerprint density at radius 3 is 2.67 bits per heavy atom. The Morgan fingerprint density at radius 1 is 1.17 bits per heavy atom. The minimum absolute atomic E-state index is 0.179. The zero-order chi connectivity index (χ0) is 17.3. The van der Waals surface area contributed by atoms with Gasteiger partial charge in [0, 0.05) is 15.7 Å². The predicted octanol–water partition coefficient (Wildman–Crippen LogP) is 5.97. The van der Waals surface area contributed by atoms with Crippen molar-refractivity contribution in [3.63, 3.8) is 0 Å². The van der Waals surface area contributed by atoms with E-state index in [9.17, 15) is 4.79 Å². The van der Waals surface area contributed by atoms with Crippen LogP contribution in [-0.4, -0.2) is 10.9 Å². The summed E-state index contributed by atoms with van der Waals surface area (Å²) in [4.78, 5) is 16.5. The minimum atomic E-state index is -0.351. The fourth-order valence-electron chi connectivity index (χ4n) is 2.09. The molecule has 0 radical (unpaired) electrons. The maximum atomic E-state index is 12.3. The van der Waals surface area contributed by atoms with Gasteiger partial charge in [-0.05, 0) is 48.9 Å². The van der Waals surface area contributed by atoms with E-state index in [0.29, 0.717) is 27.2 Å². The number of aryl methyl sites for hydroxylation is 1. The smallest absolute Gasteiger partial charge is 0.277 e. The second kappa shape index (κ2) is 6.97. The zero-order valence-corrected chi connectivity index (χ0v) is 15.5. The molecular formula is C17H11BrCl2N2O2. The number of nitrogens with one attached hydrogen (secondary N) is 1. The highest BCUT2D eigenvalue weighted by Gasteiger charge is 2.15. The van der Waals surface area contributed by atoms with Crippen molar-refractivity contribution < 1.29 is 9.21 Å². The SMILES string of the molecule is Cc1cc(Br)ccc1NC(=O)c1coc(-c2ccc(Cl)c(Cl)c2)n1. The molecule has 0 aliphatic rings. The lowest BCUT2D eigenvalue weighted by Crippen LogP contribution is -2.13. The van der Waals surface area contributed by atoms with Gasteiger partial charge >= 0.3 is 0 Å². The lowest BCUT2D eigenvalue weighted by atomic mass is 10.2. The number of carbonyl (C=O) groups excluding carboxylic acids is 1. The molecule has 1 amide bonds. The Bertz CT molecular complexity index is 925. The molecule has 0 saturated carbocycles. The minimum Gasteiger partial charge on any atom is -0.444 e. The predicted molar refractivity (Wildman–Crippen MR) is 98.8 cm³/mol. The van der Waals surface area contributed by atoms with Crippen LogP contribution >= 0.6 is 39.1 Å². The average Bonchev–Trinajstić information content (AvgIpc) is 3.03. The second-order valence-corrected chi connectivity index (χ2v) is 6.81. The van der Waals surface area contributed by atoms with Gasteiger partial charge in [-0.3, -0.25) is 4.79 Å². The number of aromatic nitrogens is 1. The van der Waals surface area contributed by atoms with Crippen molar-refractivity contribution in [2.45, 2.75) is 6.92 Å². The summed E-state index contributed by atoms with van der Waals surface area (Å²) in [7, 11) is 0. The lowest BCUT2D eigenvalue weighted by Gasteiger charge is -2.06. The number of hydrogen-bond donors (Lipinski definition) is 1. The molecule has 24 heavy (non-hydrogen) atoms. The molecule has 0 aliphatic carbocycles. The van der Waals surface area contributed by atoms with Crippen LogP contribution in [0, 0.1) is 6.92 Å². The second-order valence-electron chi connectivity index (χ2n) is 5.08. The van der Waals surface area contributed by atoms with E-state index in [0.717, 1.165) is 10.0 Å². The summed E-state index contributed by atoms with van der Waals surface area (Å²) in [5, 5.41) is 3.64. The van der Waals surface area contributed by atoms with E-state index in [1.807, 2.05) is 25.1 Å². The molecule has 3 aromatic rings. The molecule has 1 N–H and O–H groups in total. The molecule has 1 heterocycles. The number of carbonyl (C=O) groups is 1. The van der Waals surface area contributed by atoms with Crippen LogP contribution in [0.4, 0.5) is 5.69 Å². The first kappa shape index (κ1) is 17.0. The van der Waals surface area contributed by atoms with Crippen LogP contribution in [0.25, 0.3) is 11.5 Å². The summed E-state index contributed by atoms with van der Waals surface area (Å²) in [5.41, 5.74) is 2.47. The first-order valence-corrected chi connectivity index (χ1v) is 8.47. The zero-order valence-electron chi connectivity index (χ0n) is 12.4. The van der Waals surface area contributed by atoms with Gasteiger partial charge in [-0.15, -0.1) is 0 Å². The Kier molecular flexibility index (Phi) is 4.94. The molecule has 4 nitrogen and oxygen atoms in total. The summed E-state index contributed by atoms with van der Waals surface area (Å²) in [6.07, 6.45) is 1.31. The monoisotopic (exact) mass is 424 g/mol. The third kappa shape index (κ3) is 3.64. The Hall–Kier alpha value is -1.82. The number of halogens is 3. The van der Waals surface area contributed by atoms with Gasteiger partial charge in [-0.25, -0.2) is 4.98 Å². The highest BCUT2D eigenvalue weighted by molar-refractivity contribution is 9.10. The molecule has 0 atom stereocenters. The van der Waals surface area contributed by atoms with Gasteiger partial charge in [0.05, 0.1) is 10.0 Å². The van der Waals surface area contributed by atoms with Crippen LogP contribution in [0.2, 0.25) is 10.0 Å². The van der Waals surface area contributed by atoms with Crippen LogP contribution in [0.15, 0.2) is 51.6 Å². The van der Waals surface area contributed by atoms with E-state index in [4.69, 9.17) is 27.6 Å². The van der Waals surface area contributed by atoms with Crippen LogP contribution in [0.5, 0.6) is 0 Å². The van der Waals surface area contributed by atoms with E-state index in [1.165, 1.54) is 6.26 Å². The normalized spacial score (nSPS) is 10.7. The number of anilines is 1. The molecule has 0 spiro atoms. The van der Waals surface area contributed by atoms with Crippen molar-refractivity contribution in [1.82, 2.24) is 4.98 Å². The van der Waals surface area contributed by atoms with Crippen molar-refractivity contribution in [1.29, 1.82) is 0 Å². The molecule has 0 bridgehead atoms. The summed E-state index contributed by atoms with van der Waals surface area (Å²) < 4.78 is 6.32. The highest BCUT2D eigenvalue weighted by atomic mass is 79.9. The van der Waals surface area contributed by atoms with Gasteiger partial charge < -0.3 is 9.73 Å². The number of hydrogen-bond acceptors (Lipinski definition) is 3. The number of rotatable bonds is 3. The summed E-state index contributed by atoms with van der Waals surface area (Å²) in [5.74, 6) is -0.0540. The molecule has 0 unspecified atom stereocenters. The molecule has 3 rings (SSSR count). The first-order chi connectivity index (χ1) is 11.4. The highest BCUT2D eigenvalue weighted by Crippen LogP contribution is 2.28. The number of benzene rings is 2. The molecule has 0 saturated heterocycles. The van der Waals surface area contributed by atoms with Crippen molar-refractivity contribution in [3.05, 3.63) is 68.4 Å². The number of nitrogens with zero attached hydrogens (tertiary/aromatic N) is 1. The fraction of sp³-hybridized carbons (Fsp3) is 0.0588. The maximum absolute atomic E-state index is 12.3. The third-order valence-electron chi connectivity index (χ3n) is 3.34. The largest absolute Gasteiger partial charge is 0.444 e. The number of oxazole rings is 1. The molecule has 0 fully saturated rings. The van der Waals surface area contributed by atoms with E-state index in [-0.39, 0.29) is 11.6 Å². The molecule has 7 heteroatoms. The van der Waals surface area contributed by atoms with Crippen molar-refractivity contribution >= 4 is 50.7 Å². The van der Waals surface area contributed by atoms with E-state index < -0.39 is 0 Å². The van der Waals surface area contributed by atoms with Crippen LogP contribution in [-0.2, 0) is 0 Å². The van der Waals surface area contributed by atoms with Crippen LogP contribution in [0.3, 0.4) is 0 Å². The van der Waals surface area contributed by atoms with E-state index in [2.05, 4.69) is 26.2 Å². The quantitative estimate of drug-likeness (QED) is 0.562. The van der Waals surface area contributed by atoms with Crippen LogP contribution in [0.1, 0.15) is 16.1 Å². The molecular weight excluding hydrogens is 415 g/mol. The van der Waals surface area contributed by atoms with Gasteiger partial charge in [0.15, 0.2) is 5.69 Å². The molecule has 0 aliphatic heterocycles. The summed E-state index contributed by atoms with van der Waals surface area (Å²) in [6.45, 7) is 1.91. The average molecular weight is 426 g/mol. The van der Waals surface area contributed by atoms with E-state index in [1.54, 1.807) is 18.2 Å². The number of amides is 1. The Labute approximate surface area is 156 Å². The van der Waals surface area contributed by atoms with Gasteiger partial charge in [0.1, 0.15) is 6.26 Å². The standard InChI is InChI=1S/C17H11BrCl2N2O2/c1-9-6-11(18)3-5-14(9)21-16(23)15-8-24-17(22-15)10-2-4-12(19)13(20)7-10/h2-8H,1H3,(H,21,23). The molecule has 122 valence electrons. The van der Waals surface area contributed by atoms with Crippen molar-refractivity contribution in [2.24, 2.45) is 0 Å². The Balaban J connectivity index is 1.82. The van der Waals surface area contributed by atoms with Crippen molar-refractivity contribution in [2.75, 3.05) is 5.32 Å². The van der Waals surface area contributed by atoms with Gasteiger partial charge in [0.25, 0.3) is 5.91 Å². The van der Waals surface area contributed by atoms with Crippen molar-refractivity contribution in [3.8, 4) is 11.5 Å². The van der Waals surface area contributed by atoms with Gasteiger partial charge in [-0.2, -0.15) is 0 Å². The maximum Gasteiger partial charge on any atom is 0.277 e. The van der Waals surface area contributed by atoms with Gasteiger partial charge in [0.2, 0.25) is 5.89 Å². The molecule has 1 aromatic heterocycles. The third-order valence-corrected chi connectivity index (χ3v) is 4.57. The molecule has 2 aromatic carbocycles. The Morgan fingerprint density at radius 2 is 1.96 bits per heavy atom. The van der Waals surface area contributed by atoms with Gasteiger partial charge in [-0.1, -0.05) is 39.1 Å². The first-order valence-electron chi connectivity index (χ1n) is 6.92.